The molecule has 0 aliphatic carbocycles. The van der Waals surface area contributed by atoms with Gasteiger partial charge in [0.25, 0.3) is 5.91 Å². The van der Waals surface area contributed by atoms with E-state index in [0.29, 0.717) is 12.3 Å². The fourth-order valence-corrected chi connectivity index (χ4v) is 1.97. The summed E-state index contributed by atoms with van der Waals surface area (Å²) in [4.78, 5) is 25.5. The Morgan fingerprint density at radius 3 is 2.35 bits per heavy atom. The van der Waals surface area contributed by atoms with Crippen LogP contribution in [0.2, 0.25) is 0 Å². The lowest BCUT2D eigenvalue weighted by Crippen LogP contribution is -2.41. The quantitative estimate of drug-likeness (QED) is 0.714. The molecule has 128 valence electrons. The van der Waals surface area contributed by atoms with Crippen LogP contribution in [0.5, 0.6) is 11.5 Å². The predicted molar refractivity (Wildman–Crippen MR) is 88.7 cm³/mol. The van der Waals surface area contributed by atoms with Crippen molar-refractivity contribution >= 4 is 11.8 Å². The van der Waals surface area contributed by atoms with Crippen molar-refractivity contribution in [2.24, 2.45) is 0 Å². The number of methoxy groups -OCH3 is 1. The number of ether oxygens (including phenoxy) is 2. The largest absolute Gasteiger partial charge is 0.497 e. The number of unbranched alkanes of at least 4 members (excludes halogenated alkanes) is 1. The number of nitrogens with zero attached hydrogens (tertiary/aromatic N) is 1. The zero-order valence-corrected chi connectivity index (χ0v) is 14.1. The Kier molecular flexibility index (Phi) is 8.57. The number of carbonyl (C=O) groups excluding carboxylic acids is 2. The van der Waals surface area contributed by atoms with Gasteiger partial charge in [-0.1, -0.05) is 13.3 Å². The van der Waals surface area contributed by atoms with Gasteiger partial charge in [0.2, 0.25) is 5.91 Å². The molecule has 0 saturated heterocycles. The molecule has 6 nitrogen and oxygen atoms in total. The maximum Gasteiger partial charge on any atom is 0.258 e. The van der Waals surface area contributed by atoms with Gasteiger partial charge in [-0.3, -0.25) is 9.59 Å². The standard InChI is InChI=1S/C17H26N2O4/c1-4-6-11-19(5-2)17(21)12-18-16(20)13-23-15-9-7-14(22-3)8-10-15/h7-10H,4-6,11-13H2,1-3H3,(H,18,20). The van der Waals surface area contributed by atoms with Crippen molar-refractivity contribution in [3.8, 4) is 11.5 Å². The average molecular weight is 322 g/mol. The second-order valence-electron chi connectivity index (χ2n) is 5.07. The van der Waals surface area contributed by atoms with E-state index in [1.54, 1.807) is 36.3 Å². The van der Waals surface area contributed by atoms with E-state index in [1.807, 2.05) is 6.92 Å². The van der Waals surface area contributed by atoms with Gasteiger partial charge in [0.05, 0.1) is 13.7 Å². The molecular weight excluding hydrogens is 296 g/mol. The Bertz CT molecular complexity index is 488. The molecule has 0 unspecified atom stereocenters. The van der Waals surface area contributed by atoms with Gasteiger partial charge in [-0.2, -0.15) is 0 Å². The van der Waals surface area contributed by atoms with Crippen molar-refractivity contribution in [3.05, 3.63) is 24.3 Å². The van der Waals surface area contributed by atoms with Crippen LogP contribution >= 0.6 is 0 Å². The smallest absolute Gasteiger partial charge is 0.258 e. The minimum absolute atomic E-state index is 0.00234. The van der Waals surface area contributed by atoms with Crippen molar-refractivity contribution in [2.75, 3.05) is 33.4 Å². The lowest BCUT2D eigenvalue weighted by Gasteiger charge is -2.20. The van der Waals surface area contributed by atoms with Gasteiger partial charge in [0, 0.05) is 13.1 Å². The third kappa shape index (κ3) is 7.04. The Balaban J connectivity index is 2.31. The lowest BCUT2D eigenvalue weighted by molar-refractivity contribution is -0.133. The number of likely N-dealkylation sites (N-methyl/N-ethyl adjacent to an activating group) is 1. The first-order valence-electron chi connectivity index (χ1n) is 7.92. The molecule has 0 saturated carbocycles. The van der Waals surface area contributed by atoms with Crippen LogP contribution in [-0.4, -0.2) is 50.1 Å². The summed E-state index contributed by atoms with van der Waals surface area (Å²) in [6.07, 6.45) is 2.00. The molecule has 0 aromatic heterocycles. The molecule has 0 radical (unpaired) electrons. The van der Waals surface area contributed by atoms with Crippen molar-refractivity contribution in [2.45, 2.75) is 26.7 Å². The molecule has 2 amide bonds. The van der Waals surface area contributed by atoms with Crippen LogP contribution in [0.15, 0.2) is 24.3 Å². The second-order valence-corrected chi connectivity index (χ2v) is 5.07. The van der Waals surface area contributed by atoms with Crippen LogP contribution in [0.25, 0.3) is 0 Å². The van der Waals surface area contributed by atoms with Gasteiger partial charge in [0.1, 0.15) is 11.5 Å². The highest BCUT2D eigenvalue weighted by Crippen LogP contribution is 2.16. The molecule has 1 aromatic rings. The monoisotopic (exact) mass is 322 g/mol. The summed E-state index contributed by atoms with van der Waals surface area (Å²) in [5.74, 6) is 0.906. The summed E-state index contributed by atoms with van der Waals surface area (Å²) >= 11 is 0. The Morgan fingerprint density at radius 1 is 1.13 bits per heavy atom. The topological polar surface area (TPSA) is 67.9 Å². The van der Waals surface area contributed by atoms with Crippen molar-refractivity contribution < 1.29 is 19.1 Å². The van der Waals surface area contributed by atoms with E-state index in [1.165, 1.54) is 0 Å². The van der Waals surface area contributed by atoms with Crippen LogP contribution in [-0.2, 0) is 9.59 Å². The average Bonchev–Trinajstić information content (AvgIpc) is 2.59. The first-order chi connectivity index (χ1) is 11.1. The summed E-state index contributed by atoms with van der Waals surface area (Å²) in [6, 6.07) is 6.95. The van der Waals surface area contributed by atoms with E-state index in [-0.39, 0.29) is 25.0 Å². The second kappa shape index (κ2) is 10.5. The molecule has 0 heterocycles. The molecule has 0 aliphatic rings. The number of amides is 2. The molecule has 6 heteroatoms. The normalized spacial score (nSPS) is 10.0. The molecule has 1 rings (SSSR count). The number of carbonyl (C=O) groups is 2. The number of nitrogens with one attached hydrogen (secondary N) is 1. The summed E-state index contributed by atoms with van der Waals surface area (Å²) in [5.41, 5.74) is 0. The number of hydrogen-bond donors (Lipinski definition) is 1. The fraction of sp³-hybridized carbons (Fsp3) is 0.529. The van der Waals surface area contributed by atoms with Crippen LogP contribution in [0, 0.1) is 0 Å². The molecule has 1 N–H and O–H groups in total. The van der Waals surface area contributed by atoms with Crippen LogP contribution < -0.4 is 14.8 Å². The highest BCUT2D eigenvalue weighted by Gasteiger charge is 2.12. The van der Waals surface area contributed by atoms with Crippen molar-refractivity contribution in [1.29, 1.82) is 0 Å². The molecular formula is C17H26N2O4. The molecule has 0 aliphatic heterocycles. The summed E-state index contributed by atoms with van der Waals surface area (Å²) in [6.45, 7) is 5.27. The molecule has 0 atom stereocenters. The van der Waals surface area contributed by atoms with Gasteiger partial charge in [-0.25, -0.2) is 0 Å². The van der Waals surface area contributed by atoms with Gasteiger partial charge in [-0.15, -0.1) is 0 Å². The predicted octanol–water partition coefficient (Wildman–Crippen LogP) is 1.84. The SMILES string of the molecule is CCCCN(CC)C(=O)CNC(=O)COc1ccc(OC)cc1. The van der Waals surface area contributed by atoms with Gasteiger partial charge >= 0.3 is 0 Å². The van der Waals surface area contributed by atoms with Crippen molar-refractivity contribution in [3.63, 3.8) is 0 Å². The number of hydrogen-bond acceptors (Lipinski definition) is 4. The Hall–Kier alpha value is -2.24. The van der Waals surface area contributed by atoms with E-state index in [9.17, 15) is 9.59 Å². The minimum atomic E-state index is -0.319. The summed E-state index contributed by atoms with van der Waals surface area (Å²) < 4.78 is 10.4. The third-order valence-corrected chi connectivity index (χ3v) is 3.38. The molecule has 0 fully saturated rings. The highest BCUT2D eigenvalue weighted by molar-refractivity contribution is 5.85. The zero-order valence-electron chi connectivity index (χ0n) is 14.1. The van der Waals surface area contributed by atoms with Crippen LogP contribution in [0.4, 0.5) is 0 Å². The van der Waals surface area contributed by atoms with Crippen LogP contribution in [0.1, 0.15) is 26.7 Å². The first kappa shape index (κ1) is 18.8. The van der Waals surface area contributed by atoms with Gasteiger partial charge < -0.3 is 19.7 Å². The van der Waals surface area contributed by atoms with Crippen LogP contribution in [0.3, 0.4) is 0 Å². The molecule has 23 heavy (non-hydrogen) atoms. The Labute approximate surface area is 137 Å². The maximum absolute atomic E-state index is 12.0. The van der Waals surface area contributed by atoms with Gasteiger partial charge in [0.15, 0.2) is 6.61 Å². The van der Waals surface area contributed by atoms with E-state index < -0.39 is 0 Å². The minimum Gasteiger partial charge on any atom is -0.497 e. The first-order valence-corrected chi connectivity index (χ1v) is 7.92. The van der Waals surface area contributed by atoms with E-state index in [0.717, 1.165) is 25.1 Å². The summed E-state index contributed by atoms with van der Waals surface area (Å²) in [5, 5.41) is 2.59. The number of rotatable bonds is 10. The molecule has 0 spiro atoms. The number of benzene rings is 1. The maximum atomic E-state index is 12.0. The van der Waals surface area contributed by atoms with E-state index in [2.05, 4.69) is 12.2 Å². The molecule has 0 bridgehead atoms. The van der Waals surface area contributed by atoms with Crippen molar-refractivity contribution in [1.82, 2.24) is 10.2 Å². The Morgan fingerprint density at radius 2 is 1.78 bits per heavy atom. The zero-order chi connectivity index (χ0) is 17.1. The van der Waals surface area contributed by atoms with E-state index in [4.69, 9.17) is 9.47 Å². The van der Waals surface area contributed by atoms with E-state index >= 15 is 0 Å². The lowest BCUT2D eigenvalue weighted by atomic mass is 10.3. The fourth-order valence-electron chi connectivity index (χ4n) is 1.97. The molecule has 1 aromatic carbocycles. The van der Waals surface area contributed by atoms with Gasteiger partial charge in [-0.05, 0) is 37.6 Å². The highest BCUT2D eigenvalue weighted by atomic mass is 16.5. The summed E-state index contributed by atoms with van der Waals surface area (Å²) in [7, 11) is 1.58. The third-order valence-electron chi connectivity index (χ3n) is 3.38.